The van der Waals surface area contributed by atoms with E-state index in [1.807, 2.05) is 48.5 Å². The van der Waals surface area contributed by atoms with Crippen LogP contribution in [-0.4, -0.2) is 16.2 Å². The maximum absolute atomic E-state index is 13.3. The number of rotatable bonds is 8. The molecule has 33 heavy (non-hydrogen) atoms. The van der Waals surface area contributed by atoms with Crippen LogP contribution >= 0.6 is 11.6 Å². The molecule has 0 atom stereocenters. The van der Waals surface area contributed by atoms with E-state index >= 15 is 0 Å². The molecule has 0 radical (unpaired) electrons. The Bertz CT molecular complexity index is 1330. The van der Waals surface area contributed by atoms with E-state index in [4.69, 9.17) is 21.3 Å². The molecule has 0 saturated carbocycles. The Morgan fingerprint density at radius 3 is 2.48 bits per heavy atom. The molecular formula is C28H29ClN2O2. The number of fused-ring (bicyclic) bond motifs is 1. The van der Waals surface area contributed by atoms with Crippen molar-refractivity contribution in [1.29, 1.82) is 0 Å². The Morgan fingerprint density at radius 2 is 1.70 bits per heavy atom. The van der Waals surface area contributed by atoms with Crippen LogP contribution in [0.25, 0.3) is 22.3 Å². The molecule has 0 spiro atoms. The van der Waals surface area contributed by atoms with Gasteiger partial charge in [-0.2, -0.15) is 0 Å². The number of hydrogen-bond donors (Lipinski definition) is 0. The molecule has 3 aromatic carbocycles. The van der Waals surface area contributed by atoms with Crippen molar-refractivity contribution in [2.24, 2.45) is 0 Å². The number of halogens is 1. The van der Waals surface area contributed by atoms with Crippen LogP contribution < -0.4 is 10.3 Å². The quantitative estimate of drug-likeness (QED) is 0.269. The van der Waals surface area contributed by atoms with E-state index in [-0.39, 0.29) is 5.56 Å². The minimum atomic E-state index is -0.00680. The standard InChI is InChI=1S/C28H29ClN2O2/c1-19-17-20(2)21(3)26(18-19)33-16-8-4-7-15-31-27(22-11-13-23(29)14-12-22)30-25-10-6-5-9-24(25)28(31)32/h5-6,9-14,17-18H,4,7-8,15-16H2,1-3H3. The van der Waals surface area contributed by atoms with Crippen molar-refractivity contribution in [2.75, 3.05) is 6.61 Å². The number of para-hydroxylation sites is 1. The van der Waals surface area contributed by atoms with Gasteiger partial charge >= 0.3 is 0 Å². The summed E-state index contributed by atoms with van der Waals surface area (Å²) in [5.41, 5.74) is 5.25. The van der Waals surface area contributed by atoms with Gasteiger partial charge in [0, 0.05) is 17.1 Å². The van der Waals surface area contributed by atoms with Crippen molar-refractivity contribution in [3.63, 3.8) is 0 Å². The van der Waals surface area contributed by atoms with Gasteiger partial charge in [0.05, 0.1) is 17.5 Å². The van der Waals surface area contributed by atoms with Gasteiger partial charge in [-0.05, 0) is 99.2 Å². The van der Waals surface area contributed by atoms with Crippen LogP contribution in [0.2, 0.25) is 5.02 Å². The first-order valence-corrected chi connectivity index (χ1v) is 11.8. The minimum Gasteiger partial charge on any atom is -0.493 e. The Kier molecular flexibility index (Phi) is 7.14. The van der Waals surface area contributed by atoms with Gasteiger partial charge < -0.3 is 4.74 Å². The summed E-state index contributed by atoms with van der Waals surface area (Å²) in [6.45, 7) is 7.58. The molecule has 0 fully saturated rings. The number of benzene rings is 3. The Morgan fingerprint density at radius 1 is 0.939 bits per heavy atom. The molecule has 1 heterocycles. The normalized spacial score (nSPS) is 11.2. The summed E-state index contributed by atoms with van der Waals surface area (Å²) >= 11 is 6.07. The van der Waals surface area contributed by atoms with Crippen LogP contribution in [-0.2, 0) is 6.54 Å². The highest BCUT2D eigenvalue weighted by Gasteiger charge is 2.12. The predicted octanol–water partition coefficient (Wildman–Crippen LogP) is 6.89. The van der Waals surface area contributed by atoms with Crippen molar-refractivity contribution >= 4 is 22.5 Å². The van der Waals surface area contributed by atoms with Gasteiger partial charge in [0.15, 0.2) is 0 Å². The van der Waals surface area contributed by atoms with Crippen molar-refractivity contribution in [3.8, 4) is 17.1 Å². The highest BCUT2D eigenvalue weighted by atomic mass is 35.5. The molecule has 170 valence electrons. The van der Waals surface area contributed by atoms with E-state index in [0.717, 1.165) is 30.6 Å². The van der Waals surface area contributed by atoms with E-state index in [0.29, 0.717) is 34.9 Å². The van der Waals surface area contributed by atoms with Crippen molar-refractivity contribution < 1.29 is 4.74 Å². The van der Waals surface area contributed by atoms with Crippen molar-refractivity contribution in [1.82, 2.24) is 9.55 Å². The molecular weight excluding hydrogens is 432 g/mol. The molecule has 1 aromatic heterocycles. The lowest BCUT2D eigenvalue weighted by Gasteiger charge is -2.14. The second-order valence-electron chi connectivity index (χ2n) is 8.53. The summed E-state index contributed by atoms with van der Waals surface area (Å²) in [4.78, 5) is 18.1. The zero-order valence-electron chi connectivity index (χ0n) is 19.4. The number of nitrogens with zero attached hydrogens (tertiary/aromatic N) is 2. The lowest BCUT2D eigenvalue weighted by molar-refractivity contribution is 0.301. The van der Waals surface area contributed by atoms with Crippen LogP contribution in [0.1, 0.15) is 36.0 Å². The van der Waals surface area contributed by atoms with Gasteiger partial charge in [0.1, 0.15) is 11.6 Å². The largest absolute Gasteiger partial charge is 0.493 e. The average Bonchev–Trinajstić information content (AvgIpc) is 2.80. The van der Waals surface area contributed by atoms with E-state index in [1.165, 1.54) is 16.7 Å². The average molecular weight is 461 g/mol. The summed E-state index contributed by atoms with van der Waals surface area (Å²) in [5.74, 6) is 1.64. The van der Waals surface area contributed by atoms with Gasteiger partial charge in [-0.1, -0.05) is 29.8 Å². The smallest absolute Gasteiger partial charge is 0.261 e. The van der Waals surface area contributed by atoms with Gasteiger partial charge in [-0.25, -0.2) is 4.98 Å². The second kappa shape index (κ2) is 10.2. The number of aryl methyl sites for hydroxylation is 2. The van der Waals surface area contributed by atoms with E-state index in [9.17, 15) is 4.79 Å². The third-order valence-electron chi connectivity index (χ3n) is 6.01. The lowest BCUT2D eigenvalue weighted by atomic mass is 10.1. The van der Waals surface area contributed by atoms with Gasteiger partial charge in [0.2, 0.25) is 0 Å². The van der Waals surface area contributed by atoms with Gasteiger partial charge in [0.25, 0.3) is 5.56 Å². The van der Waals surface area contributed by atoms with Crippen molar-refractivity contribution in [2.45, 2.75) is 46.6 Å². The van der Waals surface area contributed by atoms with E-state index in [2.05, 4.69) is 32.9 Å². The molecule has 4 rings (SSSR count). The number of unbranched alkanes of at least 4 members (excludes halogenated alkanes) is 2. The highest BCUT2D eigenvalue weighted by molar-refractivity contribution is 6.30. The molecule has 0 saturated heterocycles. The summed E-state index contributed by atoms with van der Waals surface area (Å²) in [5, 5.41) is 1.30. The Labute approximate surface area is 199 Å². The first kappa shape index (κ1) is 23.1. The summed E-state index contributed by atoms with van der Waals surface area (Å²) in [6.07, 6.45) is 2.76. The maximum atomic E-state index is 13.3. The van der Waals surface area contributed by atoms with Crippen LogP contribution in [0.5, 0.6) is 5.75 Å². The molecule has 0 N–H and O–H groups in total. The SMILES string of the molecule is Cc1cc(C)c(C)c(OCCCCCn2c(-c3ccc(Cl)cc3)nc3ccccc3c2=O)c1. The fourth-order valence-corrected chi connectivity index (χ4v) is 4.20. The minimum absolute atomic E-state index is 0.00680. The molecule has 5 heteroatoms. The molecule has 0 bridgehead atoms. The number of aromatic nitrogens is 2. The zero-order valence-corrected chi connectivity index (χ0v) is 20.2. The third kappa shape index (κ3) is 5.28. The molecule has 4 aromatic rings. The number of hydrogen-bond acceptors (Lipinski definition) is 3. The summed E-state index contributed by atoms with van der Waals surface area (Å²) < 4.78 is 7.84. The van der Waals surface area contributed by atoms with Crippen LogP contribution in [0.4, 0.5) is 0 Å². The monoisotopic (exact) mass is 460 g/mol. The predicted molar refractivity (Wildman–Crippen MR) is 136 cm³/mol. The second-order valence-corrected chi connectivity index (χ2v) is 8.97. The lowest BCUT2D eigenvalue weighted by Crippen LogP contribution is -2.23. The molecule has 0 amide bonds. The van der Waals surface area contributed by atoms with Crippen LogP contribution in [0.3, 0.4) is 0 Å². The Balaban J connectivity index is 1.46. The van der Waals surface area contributed by atoms with Crippen LogP contribution in [0, 0.1) is 20.8 Å². The molecule has 0 aliphatic rings. The molecule has 0 unspecified atom stereocenters. The fourth-order valence-electron chi connectivity index (χ4n) is 4.08. The number of ether oxygens (including phenoxy) is 1. The van der Waals surface area contributed by atoms with E-state index in [1.54, 1.807) is 4.57 Å². The first-order chi connectivity index (χ1) is 15.9. The topological polar surface area (TPSA) is 44.1 Å². The Hall–Kier alpha value is -3.11. The molecule has 0 aliphatic carbocycles. The fraction of sp³-hybridized carbons (Fsp3) is 0.286. The van der Waals surface area contributed by atoms with Crippen molar-refractivity contribution in [3.05, 3.63) is 92.7 Å². The third-order valence-corrected chi connectivity index (χ3v) is 6.26. The summed E-state index contributed by atoms with van der Waals surface area (Å²) in [6, 6.07) is 19.3. The van der Waals surface area contributed by atoms with Gasteiger partial charge in [-0.3, -0.25) is 9.36 Å². The zero-order chi connectivity index (χ0) is 23.4. The summed E-state index contributed by atoms with van der Waals surface area (Å²) in [7, 11) is 0. The maximum Gasteiger partial charge on any atom is 0.261 e. The highest BCUT2D eigenvalue weighted by Crippen LogP contribution is 2.24. The van der Waals surface area contributed by atoms with E-state index < -0.39 is 0 Å². The molecule has 4 nitrogen and oxygen atoms in total. The van der Waals surface area contributed by atoms with Gasteiger partial charge in [-0.15, -0.1) is 0 Å². The van der Waals surface area contributed by atoms with Crippen LogP contribution in [0.15, 0.2) is 65.5 Å². The first-order valence-electron chi connectivity index (χ1n) is 11.4. The molecule has 0 aliphatic heterocycles.